The summed E-state index contributed by atoms with van der Waals surface area (Å²) in [6.07, 6.45) is 5.10. The molecule has 0 atom stereocenters. The molecule has 146 valence electrons. The topological polar surface area (TPSA) is 63.7 Å². The predicted octanol–water partition coefficient (Wildman–Crippen LogP) is 3.31. The van der Waals surface area contributed by atoms with Crippen LogP contribution < -0.4 is 14.8 Å². The molecule has 0 aliphatic carbocycles. The molecule has 2 aromatic rings. The number of pyridine rings is 1. The summed E-state index contributed by atoms with van der Waals surface area (Å²) in [6.45, 7) is 6.46. The lowest BCUT2D eigenvalue weighted by Gasteiger charge is -2.21. The molecule has 0 fully saturated rings. The Bertz CT molecular complexity index is 707. The smallest absolute Gasteiger partial charge is 0.317 e. The number of aromatic nitrogens is 1. The van der Waals surface area contributed by atoms with Crippen molar-refractivity contribution in [1.29, 1.82) is 0 Å². The van der Waals surface area contributed by atoms with E-state index in [9.17, 15) is 4.79 Å². The number of methoxy groups -OCH3 is 1. The maximum atomic E-state index is 12.4. The Morgan fingerprint density at radius 3 is 2.52 bits per heavy atom. The van der Waals surface area contributed by atoms with E-state index in [4.69, 9.17) is 9.47 Å². The molecule has 1 N–H and O–H groups in total. The summed E-state index contributed by atoms with van der Waals surface area (Å²) < 4.78 is 10.9. The van der Waals surface area contributed by atoms with E-state index in [1.165, 1.54) is 5.56 Å². The van der Waals surface area contributed by atoms with E-state index in [2.05, 4.69) is 10.3 Å². The second-order valence-corrected chi connectivity index (χ2v) is 6.09. The molecule has 0 aliphatic heterocycles. The van der Waals surface area contributed by atoms with Gasteiger partial charge in [-0.05, 0) is 62.1 Å². The van der Waals surface area contributed by atoms with E-state index < -0.39 is 0 Å². The Morgan fingerprint density at radius 1 is 1.07 bits per heavy atom. The number of carbonyl (C=O) groups is 1. The van der Waals surface area contributed by atoms with Gasteiger partial charge in [0, 0.05) is 32.0 Å². The number of hydrogen-bond donors (Lipinski definition) is 1. The van der Waals surface area contributed by atoms with E-state index >= 15 is 0 Å². The minimum Gasteiger partial charge on any atom is -0.493 e. The largest absolute Gasteiger partial charge is 0.493 e. The average Bonchev–Trinajstić information content (AvgIpc) is 2.70. The number of rotatable bonds is 10. The number of ether oxygens (including phenoxy) is 2. The summed E-state index contributed by atoms with van der Waals surface area (Å²) in [7, 11) is 1.63. The summed E-state index contributed by atoms with van der Waals surface area (Å²) in [4.78, 5) is 18.2. The van der Waals surface area contributed by atoms with Gasteiger partial charge >= 0.3 is 6.03 Å². The van der Waals surface area contributed by atoms with Crippen molar-refractivity contribution in [3.8, 4) is 11.5 Å². The van der Waals surface area contributed by atoms with E-state index in [1.807, 2.05) is 49.1 Å². The van der Waals surface area contributed by atoms with Gasteiger partial charge in [0.2, 0.25) is 0 Å². The summed E-state index contributed by atoms with van der Waals surface area (Å²) in [5.41, 5.74) is 2.27. The highest BCUT2D eigenvalue weighted by Gasteiger charge is 2.11. The SMILES string of the molecule is CCOc1ccc(CCNC(=O)N(CC)CCc2ccncc2)cc1OC. The molecule has 0 bridgehead atoms. The Kier molecular flexibility index (Phi) is 8.42. The Hall–Kier alpha value is -2.76. The molecule has 1 aromatic heterocycles. The minimum absolute atomic E-state index is 0.0375. The number of nitrogens with zero attached hydrogens (tertiary/aromatic N) is 2. The van der Waals surface area contributed by atoms with Gasteiger partial charge in [-0.15, -0.1) is 0 Å². The molecule has 0 spiro atoms. The van der Waals surface area contributed by atoms with E-state index in [-0.39, 0.29) is 6.03 Å². The van der Waals surface area contributed by atoms with Crippen molar-refractivity contribution in [1.82, 2.24) is 15.2 Å². The van der Waals surface area contributed by atoms with Crippen LogP contribution in [0.4, 0.5) is 4.79 Å². The lowest BCUT2D eigenvalue weighted by atomic mass is 10.1. The lowest BCUT2D eigenvalue weighted by molar-refractivity contribution is 0.201. The molecule has 6 nitrogen and oxygen atoms in total. The normalized spacial score (nSPS) is 10.3. The molecule has 0 aliphatic rings. The number of carbonyl (C=O) groups excluding carboxylic acids is 1. The summed E-state index contributed by atoms with van der Waals surface area (Å²) in [5, 5.41) is 3.00. The average molecular weight is 371 g/mol. The molecular formula is C21H29N3O3. The fourth-order valence-corrected chi connectivity index (χ4v) is 2.78. The van der Waals surface area contributed by atoms with E-state index in [1.54, 1.807) is 19.5 Å². The van der Waals surface area contributed by atoms with Crippen molar-refractivity contribution in [2.45, 2.75) is 26.7 Å². The minimum atomic E-state index is -0.0375. The van der Waals surface area contributed by atoms with Gasteiger partial charge < -0.3 is 19.7 Å². The lowest BCUT2D eigenvalue weighted by Crippen LogP contribution is -2.41. The van der Waals surface area contributed by atoms with E-state index in [0.717, 1.165) is 24.2 Å². The first-order valence-corrected chi connectivity index (χ1v) is 9.39. The second kappa shape index (κ2) is 11.1. The quantitative estimate of drug-likeness (QED) is 0.696. The first-order chi connectivity index (χ1) is 13.2. The Balaban J connectivity index is 1.81. The zero-order chi connectivity index (χ0) is 19.5. The van der Waals surface area contributed by atoms with Crippen LogP contribution in [-0.4, -0.2) is 49.3 Å². The van der Waals surface area contributed by atoms with Crippen molar-refractivity contribution in [3.05, 3.63) is 53.9 Å². The van der Waals surface area contributed by atoms with Crippen LogP contribution in [0.1, 0.15) is 25.0 Å². The van der Waals surface area contributed by atoms with E-state index in [0.29, 0.717) is 32.0 Å². The molecule has 1 heterocycles. The number of urea groups is 1. The molecule has 0 unspecified atom stereocenters. The fourth-order valence-electron chi connectivity index (χ4n) is 2.78. The van der Waals surface area contributed by atoms with Gasteiger partial charge in [-0.3, -0.25) is 4.98 Å². The Morgan fingerprint density at radius 2 is 1.85 bits per heavy atom. The molecular weight excluding hydrogens is 342 g/mol. The molecule has 0 radical (unpaired) electrons. The molecule has 2 amide bonds. The number of nitrogens with one attached hydrogen (secondary N) is 1. The number of likely N-dealkylation sites (N-methyl/N-ethyl adjacent to an activating group) is 1. The van der Waals surface area contributed by atoms with Gasteiger partial charge in [0.05, 0.1) is 13.7 Å². The third-order valence-corrected chi connectivity index (χ3v) is 4.31. The van der Waals surface area contributed by atoms with Crippen LogP contribution in [0.25, 0.3) is 0 Å². The van der Waals surface area contributed by atoms with Crippen molar-refractivity contribution < 1.29 is 14.3 Å². The molecule has 6 heteroatoms. The van der Waals surface area contributed by atoms with Crippen LogP contribution in [0.15, 0.2) is 42.7 Å². The first-order valence-electron chi connectivity index (χ1n) is 9.39. The highest BCUT2D eigenvalue weighted by molar-refractivity contribution is 5.74. The van der Waals surface area contributed by atoms with Crippen molar-refractivity contribution in [2.75, 3.05) is 33.4 Å². The molecule has 0 saturated heterocycles. The first kappa shape index (κ1) is 20.6. The zero-order valence-electron chi connectivity index (χ0n) is 16.4. The van der Waals surface area contributed by atoms with Crippen molar-refractivity contribution in [3.63, 3.8) is 0 Å². The number of hydrogen-bond acceptors (Lipinski definition) is 4. The summed E-state index contributed by atoms with van der Waals surface area (Å²) >= 11 is 0. The van der Waals surface area contributed by atoms with Gasteiger partial charge in [-0.2, -0.15) is 0 Å². The van der Waals surface area contributed by atoms with Gasteiger partial charge in [0.1, 0.15) is 0 Å². The van der Waals surface area contributed by atoms with Crippen LogP contribution in [-0.2, 0) is 12.8 Å². The van der Waals surface area contributed by atoms with Crippen molar-refractivity contribution >= 4 is 6.03 Å². The third kappa shape index (κ3) is 6.47. The fraction of sp³-hybridized carbons (Fsp3) is 0.429. The second-order valence-electron chi connectivity index (χ2n) is 6.09. The monoisotopic (exact) mass is 371 g/mol. The summed E-state index contributed by atoms with van der Waals surface area (Å²) in [6, 6.07) is 9.78. The van der Waals surface area contributed by atoms with Crippen LogP contribution in [0, 0.1) is 0 Å². The maximum Gasteiger partial charge on any atom is 0.317 e. The van der Waals surface area contributed by atoms with Crippen LogP contribution in [0.2, 0.25) is 0 Å². The molecule has 1 aromatic carbocycles. The van der Waals surface area contributed by atoms with Crippen LogP contribution in [0.3, 0.4) is 0 Å². The zero-order valence-corrected chi connectivity index (χ0v) is 16.4. The summed E-state index contributed by atoms with van der Waals surface area (Å²) in [5.74, 6) is 1.45. The molecule has 27 heavy (non-hydrogen) atoms. The standard InChI is InChI=1S/C21H29N3O3/c1-4-24(15-11-17-8-12-22-13-9-17)21(25)23-14-10-18-6-7-19(27-5-2)20(16-18)26-3/h6-9,12-13,16H,4-5,10-11,14-15H2,1-3H3,(H,23,25). The number of amides is 2. The van der Waals surface area contributed by atoms with Gasteiger partial charge in [-0.1, -0.05) is 6.07 Å². The van der Waals surface area contributed by atoms with Gasteiger partial charge in [-0.25, -0.2) is 4.79 Å². The predicted molar refractivity (Wildman–Crippen MR) is 106 cm³/mol. The van der Waals surface area contributed by atoms with Crippen molar-refractivity contribution in [2.24, 2.45) is 0 Å². The molecule has 0 saturated carbocycles. The highest BCUT2D eigenvalue weighted by Crippen LogP contribution is 2.28. The molecule has 2 rings (SSSR count). The maximum absolute atomic E-state index is 12.4. The van der Waals surface area contributed by atoms with Gasteiger partial charge in [0.25, 0.3) is 0 Å². The van der Waals surface area contributed by atoms with Gasteiger partial charge in [0.15, 0.2) is 11.5 Å². The highest BCUT2D eigenvalue weighted by atomic mass is 16.5. The van der Waals surface area contributed by atoms with Crippen LogP contribution in [0.5, 0.6) is 11.5 Å². The van der Waals surface area contributed by atoms with Crippen LogP contribution >= 0.6 is 0 Å². The third-order valence-electron chi connectivity index (χ3n) is 4.31. The Labute approximate surface area is 161 Å². The number of benzene rings is 1.